The van der Waals surface area contributed by atoms with Crippen LogP contribution in [0.5, 0.6) is 0 Å². The summed E-state index contributed by atoms with van der Waals surface area (Å²) in [7, 11) is 2.17. The minimum atomic E-state index is 0.439. The van der Waals surface area contributed by atoms with Gasteiger partial charge in [-0.3, -0.25) is 0 Å². The number of anilines is 1. The van der Waals surface area contributed by atoms with Crippen LogP contribution < -0.4 is 10.6 Å². The summed E-state index contributed by atoms with van der Waals surface area (Å²) in [6.45, 7) is 5.86. The molecule has 5 heteroatoms. The molecule has 1 unspecified atom stereocenters. The van der Waals surface area contributed by atoms with Crippen molar-refractivity contribution in [3.05, 3.63) is 12.0 Å². The Bertz CT molecular complexity index is 352. The van der Waals surface area contributed by atoms with Crippen molar-refractivity contribution >= 4 is 6.01 Å². The monoisotopic (exact) mass is 238 g/mol. The van der Waals surface area contributed by atoms with Crippen LogP contribution in [0, 0.1) is 0 Å². The maximum Gasteiger partial charge on any atom is 0.297 e. The van der Waals surface area contributed by atoms with Gasteiger partial charge in [0.1, 0.15) is 6.26 Å². The highest BCUT2D eigenvalue weighted by atomic mass is 16.4. The van der Waals surface area contributed by atoms with Crippen LogP contribution in [0.4, 0.5) is 6.01 Å². The molecule has 2 heterocycles. The molecule has 2 N–H and O–H groups in total. The molecule has 0 saturated carbocycles. The van der Waals surface area contributed by atoms with Gasteiger partial charge in [-0.25, -0.2) is 0 Å². The van der Waals surface area contributed by atoms with E-state index in [0.29, 0.717) is 12.6 Å². The molecular formula is C12H22N4O. The van der Waals surface area contributed by atoms with Crippen LogP contribution in [0.25, 0.3) is 0 Å². The van der Waals surface area contributed by atoms with E-state index < -0.39 is 0 Å². The van der Waals surface area contributed by atoms with Gasteiger partial charge in [-0.05, 0) is 26.4 Å². The van der Waals surface area contributed by atoms with E-state index in [1.807, 2.05) is 0 Å². The van der Waals surface area contributed by atoms with E-state index in [4.69, 9.17) is 10.2 Å². The second-order valence-electron chi connectivity index (χ2n) is 4.70. The fraction of sp³-hybridized carbons (Fsp3) is 0.750. The highest BCUT2D eigenvalue weighted by Crippen LogP contribution is 2.21. The van der Waals surface area contributed by atoms with Crippen molar-refractivity contribution in [2.75, 3.05) is 31.6 Å². The number of hydrogen-bond acceptors (Lipinski definition) is 5. The summed E-state index contributed by atoms with van der Waals surface area (Å²) in [5.74, 6) is 0. The Balaban J connectivity index is 2.15. The largest absolute Gasteiger partial charge is 0.432 e. The van der Waals surface area contributed by atoms with Crippen LogP contribution in [0.1, 0.15) is 25.5 Å². The maximum absolute atomic E-state index is 5.56. The molecule has 0 aliphatic carbocycles. The third-order valence-electron chi connectivity index (χ3n) is 3.37. The van der Waals surface area contributed by atoms with E-state index in [1.54, 1.807) is 6.26 Å². The van der Waals surface area contributed by atoms with Crippen molar-refractivity contribution in [2.24, 2.45) is 5.73 Å². The van der Waals surface area contributed by atoms with Gasteiger partial charge in [0, 0.05) is 25.7 Å². The van der Waals surface area contributed by atoms with Gasteiger partial charge < -0.3 is 20.0 Å². The SMILES string of the molecule is CCC1CN(C)CCCN1c1nc(CN)co1. The Morgan fingerprint density at radius 3 is 3.00 bits per heavy atom. The average molecular weight is 238 g/mol. The Morgan fingerprint density at radius 2 is 2.35 bits per heavy atom. The lowest BCUT2D eigenvalue weighted by Crippen LogP contribution is -2.40. The van der Waals surface area contributed by atoms with Crippen molar-refractivity contribution in [3.63, 3.8) is 0 Å². The standard InChI is InChI=1S/C12H22N4O/c1-3-11-8-15(2)5-4-6-16(11)12-14-10(7-13)9-17-12/h9,11H,3-8,13H2,1-2H3. The van der Waals surface area contributed by atoms with Gasteiger partial charge in [-0.15, -0.1) is 0 Å². The van der Waals surface area contributed by atoms with Crippen LogP contribution in [0.2, 0.25) is 0 Å². The first-order chi connectivity index (χ1) is 8.24. The van der Waals surface area contributed by atoms with Crippen LogP contribution in [0.15, 0.2) is 10.7 Å². The van der Waals surface area contributed by atoms with Crippen LogP contribution >= 0.6 is 0 Å². The molecule has 1 aliphatic rings. The predicted octanol–water partition coefficient (Wildman–Crippen LogP) is 1.05. The van der Waals surface area contributed by atoms with Crippen LogP contribution in [0.3, 0.4) is 0 Å². The van der Waals surface area contributed by atoms with Crippen molar-refractivity contribution in [2.45, 2.75) is 32.4 Å². The molecule has 17 heavy (non-hydrogen) atoms. The van der Waals surface area contributed by atoms with Gasteiger partial charge in [-0.2, -0.15) is 4.98 Å². The fourth-order valence-corrected chi connectivity index (χ4v) is 2.37. The number of aromatic nitrogens is 1. The first-order valence-electron chi connectivity index (χ1n) is 6.34. The molecule has 0 aromatic carbocycles. The van der Waals surface area contributed by atoms with E-state index in [9.17, 15) is 0 Å². The van der Waals surface area contributed by atoms with E-state index in [2.05, 4.69) is 28.8 Å². The average Bonchev–Trinajstić information content (AvgIpc) is 2.73. The summed E-state index contributed by atoms with van der Waals surface area (Å²) in [6.07, 6.45) is 3.91. The quantitative estimate of drug-likeness (QED) is 0.853. The lowest BCUT2D eigenvalue weighted by Gasteiger charge is -2.28. The fourth-order valence-electron chi connectivity index (χ4n) is 2.37. The smallest absolute Gasteiger partial charge is 0.297 e. The summed E-state index contributed by atoms with van der Waals surface area (Å²) in [4.78, 5) is 9.09. The zero-order valence-corrected chi connectivity index (χ0v) is 10.7. The van der Waals surface area contributed by atoms with E-state index in [-0.39, 0.29) is 0 Å². The summed E-state index contributed by atoms with van der Waals surface area (Å²) < 4.78 is 5.53. The molecule has 1 aromatic heterocycles. The second kappa shape index (κ2) is 5.51. The Hall–Kier alpha value is -1.07. The minimum absolute atomic E-state index is 0.439. The highest BCUT2D eigenvalue weighted by molar-refractivity contribution is 5.29. The molecule has 0 radical (unpaired) electrons. The molecule has 1 atom stereocenters. The molecule has 1 saturated heterocycles. The third-order valence-corrected chi connectivity index (χ3v) is 3.37. The molecule has 2 rings (SSSR count). The van der Waals surface area contributed by atoms with Crippen molar-refractivity contribution < 1.29 is 4.42 Å². The molecule has 1 aromatic rings. The Kier molecular flexibility index (Phi) is 4.02. The molecule has 96 valence electrons. The molecule has 0 bridgehead atoms. The van der Waals surface area contributed by atoms with E-state index in [0.717, 1.165) is 44.2 Å². The summed E-state index contributed by atoms with van der Waals surface area (Å²) in [5.41, 5.74) is 6.39. The first kappa shape index (κ1) is 12.4. The highest BCUT2D eigenvalue weighted by Gasteiger charge is 2.25. The van der Waals surface area contributed by atoms with Gasteiger partial charge >= 0.3 is 0 Å². The van der Waals surface area contributed by atoms with Gasteiger partial charge in [0.05, 0.1) is 5.69 Å². The van der Waals surface area contributed by atoms with Gasteiger partial charge in [0.25, 0.3) is 6.01 Å². The summed E-state index contributed by atoms with van der Waals surface area (Å²) in [5, 5.41) is 0. The van der Waals surface area contributed by atoms with Crippen molar-refractivity contribution in [3.8, 4) is 0 Å². The lowest BCUT2D eigenvalue weighted by atomic mass is 10.2. The molecular weight excluding hydrogens is 216 g/mol. The number of oxazole rings is 1. The second-order valence-corrected chi connectivity index (χ2v) is 4.70. The van der Waals surface area contributed by atoms with Crippen LogP contribution in [-0.2, 0) is 6.54 Å². The van der Waals surface area contributed by atoms with Crippen molar-refractivity contribution in [1.82, 2.24) is 9.88 Å². The molecule has 1 aliphatic heterocycles. The maximum atomic E-state index is 5.56. The number of likely N-dealkylation sites (N-methyl/N-ethyl adjacent to an activating group) is 1. The molecule has 5 nitrogen and oxygen atoms in total. The topological polar surface area (TPSA) is 58.5 Å². The Morgan fingerprint density at radius 1 is 1.53 bits per heavy atom. The van der Waals surface area contributed by atoms with E-state index >= 15 is 0 Å². The molecule has 1 fully saturated rings. The lowest BCUT2D eigenvalue weighted by molar-refractivity contribution is 0.325. The first-order valence-corrected chi connectivity index (χ1v) is 6.34. The summed E-state index contributed by atoms with van der Waals surface area (Å²) >= 11 is 0. The third kappa shape index (κ3) is 2.79. The van der Waals surface area contributed by atoms with Gasteiger partial charge in [0.2, 0.25) is 0 Å². The van der Waals surface area contributed by atoms with Gasteiger partial charge in [-0.1, -0.05) is 6.92 Å². The number of hydrogen-bond donors (Lipinski definition) is 1. The summed E-state index contributed by atoms with van der Waals surface area (Å²) in [6, 6.07) is 1.21. The number of nitrogens with two attached hydrogens (primary N) is 1. The van der Waals surface area contributed by atoms with E-state index in [1.165, 1.54) is 0 Å². The number of nitrogens with zero attached hydrogens (tertiary/aromatic N) is 3. The zero-order valence-electron chi connectivity index (χ0n) is 10.7. The van der Waals surface area contributed by atoms with Gasteiger partial charge in [0.15, 0.2) is 0 Å². The molecule has 0 amide bonds. The normalized spacial score (nSPS) is 22.8. The minimum Gasteiger partial charge on any atom is -0.432 e. The number of rotatable bonds is 3. The molecule has 0 spiro atoms. The zero-order chi connectivity index (χ0) is 12.3. The Labute approximate surface area is 103 Å². The predicted molar refractivity (Wildman–Crippen MR) is 67.9 cm³/mol. The van der Waals surface area contributed by atoms with Crippen LogP contribution in [-0.4, -0.2) is 42.6 Å². The van der Waals surface area contributed by atoms with Crippen molar-refractivity contribution in [1.29, 1.82) is 0 Å².